The predicted molar refractivity (Wildman–Crippen MR) is 116 cm³/mol. The van der Waals surface area contributed by atoms with E-state index < -0.39 is 0 Å². The molecule has 0 saturated carbocycles. The van der Waals surface area contributed by atoms with Crippen LogP contribution in [0, 0.1) is 6.92 Å². The summed E-state index contributed by atoms with van der Waals surface area (Å²) in [4.78, 5) is 25.4. The lowest BCUT2D eigenvalue weighted by atomic mass is 10.1. The molecule has 2 aromatic heterocycles. The van der Waals surface area contributed by atoms with Gasteiger partial charge in [0.15, 0.2) is 0 Å². The van der Waals surface area contributed by atoms with E-state index in [2.05, 4.69) is 10.4 Å². The van der Waals surface area contributed by atoms with Gasteiger partial charge in [-0.2, -0.15) is 5.10 Å². The number of ether oxygens (including phenoxy) is 1. The van der Waals surface area contributed by atoms with Gasteiger partial charge in [-0.05, 0) is 42.8 Å². The van der Waals surface area contributed by atoms with Gasteiger partial charge in [0, 0.05) is 23.0 Å². The third kappa shape index (κ3) is 3.92. The molecule has 30 heavy (non-hydrogen) atoms. The molecule has 0 spiro atoms. The van der Waals surface area contributed by atoms with Crippen LogP contribution in [0.5, 0.6) is 5.75 Å². The lowest BCUT2D eigenvalue weighted by molar-refractivity contribution is -0.116. The molecule has 8 heteroatoms. The van der Waals surface area contributed by atoms with E-state index in [4.69, 9.17) is 16.3 Å². The molecule has 152 valence electrons. The molecule has 0 aliphatic heterocycles. The molecule has 0 aliphatic carbocycles. The van der Waals surface area contributed by atoms with Crippen molar-refractivity contribution in [2.24, 2.45) is 0 Å². The highest BCUT2D eigenvalue weighted by molar-refractivity contribution is 6.30. The standard InChI is InChI=1S/C22H19ClN4O3/c1-14-3-8-20(30-2)18(11-14)24-21(28)13-26-9-10-27-19(22(26)29)12-17(25-27)15-4-6-16(23)7-5-15/h3-12H,13H2,1-2H3,(H,24,28). The first-order chi connectivity index (χ1) is 14.4. The lowest BCUT2D eigenvalue weighted by Crippen LogP contribution is -2.28. The van der Waals surface area contributed by atoms with Gasteiger partial charge >= 0.3 is 0 Å². The first-order valence-corrected chi connectivity index (χ1v) is 9.61. The summed E-state index contributed by atoms with van der Waals surface area (Å²) in [6, 6.07) is 14.4. The van der Waals surface area contributed by atoms with Crippen molar-refractivity contribution < 1.29 is 9.53 Å². The Labute approximate surface area is 177 Å². The molecule has 2 aromatic carbocycles. The van der Waals surface area contributed by atoms with E-state index in [0.29, 0.717) is 27.7 Å². The van der Waals surface area contributed by atoms with Crippen LogP contribution in [-0.2, 0) is 11.3 Å². The molecule has 4 aromatic rings. The minimum atomic E-state index is -0.331. The van der Waals surface area contributed by atoms with Gasteiger partial charge in [0.2, 0.25) is 5.91 Å². The van der Waals surface area contributed by atoms with E-state index in [1.165, 1.54) is 16.2 Å². The van der Waals surface area contributed by atoms with E-state index in [0.717, 1.165) is 11.1 Å². The number of carbonyl (C=O) groups is 1. The molecule has 0 saturated heterocycles. The largest absolute Gasteiger partial charge is 0.495 e. The van der Waals surface area contributed by atoms with Crippen LogP contribution in [-0.4, -0.2) is 27.2 Å². The van der Waals surface area contributed by atoms with Crippen molar-refractivity contribution in [2.45, 2.75) is 13.5 Å². The van der Waals surface area contributed by atoms with Crippen molar-refractivity contribution in [1.29, 1.82) is 0 Å². The molecule has 0 unspecified atom stereocenters. The van der Waals surface area contributed by atoms with Crippen molar-refractivity contribution in [1.82, 2.24) is 14.2 Å². The summed E-state index contributed by atoms with van der Waals surface area (Å²) in [7, 11) is 1.54. The maximum absolute atomic E-state index is 12.9. The SMILES string of the molecule is COc1ccc(C)cc1NC(=O)Cn1ccn2nc(-c3ccc(Cl)cc3)cc2c1=O. The minimum Gasteiger partial charge on any atom is -0.495 e. The molecular formula is C22H19ClN4O3. The van der Waals surface area contributed by atoms with Crippen LogP contribution in [0.4, 0.5) is 5.69 Å². The number of hydrogen-bond donors (Lipinski definition) is 1. The average molecular weight is 423 g/mol. The molecule has 0 atom stereocenters. The van der Waals surface area contributed by atoms with E-state index >= 15 is 0 Å². The highest BCUT2D eigenvalue weighted by Gasteiger charge is 2.13. The number of hydrogen-bond acceptors (Lipinski definition) is 4. The smallest absolute Gasteiger partial charge is 0.277 e. The van der Waals surface area contributed by atoms with Crippen molar-refractivity contribution in [3.05, 3.63) is 81.9 Å². The number of aromatic nitrogens is 3. The predicted octanol–water partition coefficient (Wildman–Crippen LogP) is 3.77. The highest BCUT2D eigenvalue weighted by Crippen LogP contribution is 2.25. The van der Waals surface area contributed by atoms with Crippen molar-refractivity contribution in [3.63, 3.8) is 0 Å². The lowest BCUT2D eigenvalue weighted by Gasteiger charge is -2.12. The summed E-state index contributed by atoms with van der Waals surface area (Å²) >= 11 is 5.93. The third-order valence-electron chi connectivity index (χ3n) is 4.69. The molecule has 0 bridgehead atoms. The number of benzene rings is 2. The van der Waals surface area contributed by atoms with Crippen LogP contribution >= 0.6 is 11.6 Å². The second-order valence-corrected chi connectivity index (χ2v) is 7.29. The zero-order valence-corrected chi connectivity index (χ0v) is 17.2. The number of nitrogens with zero attached hydrogens (tertiary/aromatic N) is 3. The first kappa shape index (κ1) is 19.7. The van der Waals surface area contributed by atoms with Gasteiger partial charge in [0.25, 0.3) is 5.56 Å². The molecule has 1 N–H and O–H groups in total. The Balaban J connectivity index is 1.60. The number of nitrogens with one attached hydrogen (secondary N) is 1. The summed E-state index contributed by atoms with van der Waals surface area (Å²) in [5, 5.41) is 7.87. The van der Waals surface area contributed by atoms with Crippen molar-refractivity contribution >= 4 is 28.7 Å². The van der Waals surface area contributed by atoms with Crippen LogP contribution in [0.1, 0.15) is 5.56 Å². The van der Waals surface area contributed by atoms with Crippen LogP contribution in [0.25, 0.3) is 16.8 Å². The fourth-order valence-corrected chi connectivity index (χ4v) is 3.30. The maximum Gasteiger partial charge on any atom is 0.277 e. The monoisotopic (exact) mass is 422 g/mol. The number of anilines is 1. The number of fused-ring (bicyclic) bond motifs is 1. The van der Waals surface area contributed by atoms with Gasteiger partial charge in [-0.1, -0.05) is 29.8 Å². The van der Waals surface area contributed by atoms with Crippen LogP contribution < -0.4 is 15.6 Å². The Bertz CT molecular complexity index is 1290. The van der Waals surface area contributed by atoms with Gasteiger partial charge in [0.1, 0.15) is 17.8 Å². The summed E-state index contributed by atoms with van der Waals surface area (Å²) in [6.07, 6.45) is 3.19. The first-order valence-electron chi connectivity index (χ1n) is 9.24. The Morgan fingerprint density at radius 2 is 1.90 bits per heavy atom. The van der Waals surface area contributed by atoms with E-state index in [1.54, 1.807) is 36.7 Å². The van der Waals surface area contributed by atoms with E-state index in [9.17, 15) is 9.59 Å². The van der Waals surface area contributed by atoms with Crippen molar-refractivity contribution in [3.8, 4) is 17.0 Å². The summed E-state index contributed by atoms with van der Waals surface area (Å²) < 4.78 is 8.13. The quantitative estimate of drug-likeness (QED) is 0.531. The van der Waals surface area contributed by atoms with Gasteiger partial charge < -0.3 is 14.6 Å². The number of aryl methyl sites for hydroxylation is 1. The van der Waals surface area contributed by atoms with Gasteiger partial charge in [0.05, 0.1) is 18.5 Å². The number of carbonyl (C=O) groups excluding carboxylic acids is 1. The summed E-state index contributed by atoms with van der Waals surface area (Å²) in [5.74, 6) is 0.225. The van der Waals surface area contributed by atoms with E-state index in [-0.39, 0.29) is 18.0 Å². The van der Waals surface area contributed by atoms with E-state index in [1.807, 2.05) is 31.2 Å². The second-order valence-electron chi connectivity index (χ2n) is 6.85. The zero-order valence-electron chi connectivity index (χ0n) is 16.4. The molecular weight excluding hydrogens is 404 g/mol. The summed E-state index contributed by atoms with van der Waals surface area (Å²) in [6.45, 7) is 1.79. The van der Waals surface area contributed by atoms with Crippen LogP contribution in [0.3, 0.4) is 0 Å². The minimum absolute atomic E-state index is 0.131. The molecule has 0 radical (unpaired) electrons. The molecule has 7 nitrogen and oxygen atoms in total. The number of rotatable bonds is 5. The normalized spacial score (nSPS) is 10.9. The molecule has 1 amide bonds. The van der Waals surface area contributed by atoms with Gasteiger partial charge in [-0.25, -0.2) is 4.52 Å². The molecule has 0 fully saturated rings. The number of halogens is 1. The van der Waals surface area contributed by atoms with Gasteiger partial charge in [-0.3, -0.25) is 9.59 Å². The Morgan fingerprint density at radius 1 is 1.13 bits per heavy atom. The number of methoxy groups -OCH3 is 1. The average Bonchev–Trinajstić information content (AvgIpc) is 3.16. The molecule has 0 aliphatic rings. The molecule has 4 rings (SSSR count). The topological polar surface area (TPSA) is 77.6 Å². The zero-order chi connectivity index (χ0) is 21.3. The van der Waals surface area contributed by atoms with Crippen LogP contribution in [0.15, 0.2) is 65.7 Å². The fourth-order valence-electron chi connectivity index (χ4n) is 3.18. The Morgan fingerprint density at radius 3 is 2.63 bits per heavy atom. The molecule has 2 heterocycles. The Kier molecular flexibility index (Phi) is 5.29. The third-order valence-corrected chi connectivity index (χ3v) is 4.94. The van der Waals surface area contributed by atoms with Gasteiger partial charge in [-0.15, -0.1) is 0 Å². The summed E-state index contributed by atoms with van der Waals surface area (Å²) in [5.41, 5.74) is 3.11. The van der Waals surface area contributed by atoms with Crippen LogP contribution in [0.2, 0.25) is 5.02 Å². The Hall–Kier alpha value is -3.58. The number of amides is 1. The fraction of sp³-hybridized carbons (Fsp3) is 0.136. The maximum atomic E-state index is 12.9. The highest BCUT2D eigenvalue weighted by atomic mass is 35.5. The van der Waals surface area contributed by atoms with Crippen molar-refractivity contribution in [2.75, 3.05) is 12.4 Å². The second kappa shape index (κ2) is 8.04.